The monoisotopic (exact) mass is 647 g/mol. The summed E-state index contributed by atoms with van der Waals surface area (Å²) in [4.78, 5) is 15.5. The fourth-order valence-electron chi connectivity index (χ4n) is 5.73. The molecule has 2 aliphatic rings. The summed E-state index contributed by atoms with van der Waals surface area (Å²) >= 11 is 3.24. The van der Waals surface area contributed by atoms with E-state index in [0.29, 0.717) is 29.3 Å². The van der Waals surface area contributed by atoms with Crippen LogP contribution in [-0.2, 0) is 14.3 Å². The molecular weight excluding hydrogens is 620 g/mol. The van der Waals surface area contributed by atoms with E-state index < -0.39 is 66.8 Å². The van der Waals surface area contributed by atoms with Gasteiger partial charge in [-0.25, -0.2) is 13.5 Å². The first-order valence-electron chi connectivity index (χ1n) is 13.2. The van der Waals surface area contributed by atoms with E-state index in [0.717, 1.165) is 12.1 Å². The first-order valence-corrected chi connectivity index (χ1v) is 14.0. The van der Waals surface area contributed by atoms with E-state index in [9.17, 15) is 34.2 Å². The topological polar surface area (TPSA) is 154 Å². The molecule has 2 fully saturated rings. The molecule has 1 aromatic heterocycles. The van der Waals surface area contributed by atoms with Crippen molar-refractivity contribution in [3.8, 4) is 17.3 Å². The number of methoxy groups -OCH3 is 1. The number of amides is 1. The summed E-state index contributed by atoms with van der Waals surface area (Å²) in [6, 6.07) is 7.64. The second-order valence-corrected chi connectivity index (χ2v) is 11.2. The minimum Gasteiger partial charge on any atom is -0.394 e. The van der Waals surface area contributed by atoms with Crippen LogP contribution in [0.4, 0.5) is 14.5 Å². The number of halogens is 3. The molecule has 42 heavy (non-hydrogen) atoms. The van der Waals surface area contributed by atoms with E-state index in [1.54, 1.807) is 6.07 Å². The number of anilines is 1. The number of nitrogens with zero attached hydrogens (tertiary/aromatic N) is 5. The van der Waals surface area contributed by atoms with Crippen LogP contribution >= 0.6 is 15.9 Å². The average Bonchev–Trinajstić information content (AvgIpc) is 3.61. The molecular formula is C28H28BrF2N5O6. The minimum absolute atomic E-state index is 0.0243. The Kier molecular flexibility index (Phi) is 8.97. The third-order valence-electron chi connectivity index (χ3n) is 7.66. The Morgan fingerprint density at radius 1 is 1.21 bits per heavy atom. The van der Waals surface area contributed by atoms with E-state index in [2.05, 4.69) is 26.2 Å². The van der Waals surface area contributed by atoms with E-state index in [4.69, 9.17) is 9.47 Å². The van der Waals surface area contributed by atoms with Crippen LogP contribution in [0.25, 0.3) is 11.3 Å². The highest BCUT2D eigenvalue weighted by atomic mass is 79.9. The van der Waals surface area contributed by atoms with Crippen LogP contribution < -0.4 is 4.90 Å². The standard InChI is InChI=1S/C28H28BrF2N5O6/c1-41-26-24(35-12-20(33-34-35)15-7-16(29)9-18(31)8-15)25(39)23(13-37)42-27(26)28(40)36(21-3-2-4-22(21)38)19-6-14(11-32)5-17(30)10-19/h5-10,12,21-27,37-39H,2-4,13H2,1H3/t21-,22-,23-,24+,25+,26-,27-/m1/s1. The normalized spacial score (nSPS) is 27.5. The second-order valence-electron chi connectivity index (χ2n) is 10.3. The van der Waals surface area contributed by atoms with E-state index in [-0.39, 0.29) is 16.9 Å². The van der Waals surface area contributed by atoms with Gasteiger partial charge >= 0.3 is 0 Å². The van der Waals surface area contributed by atoms with Gasteiger partial charge in [-0.05, 0) is 55.7 Å². The molecule has 0 bridgehead atoms. The van der Waals surface area contributed by atoms with Crippen molar-refractivity contribution in [2.24, 2.45) is 0 Å². The number of benzene rings is 2. The van der Waals surface area contributed by atoms with Gasteiger partial charge in [0.25, 0.3) is 5.91 Å². The van der Waals surface area contributed by atoms with Gasteiger partial charge in [0.05, 0.1) is 36.6 Å². The summed E-state index contributed by atoms with van der Waals surface area (Å²) in [6.45, 7) is -0.666. The average molecular weight is 648 g/mol. The Bertz CT molecular complexity index is 1480. The lowest BCUT2D eigenvalue weighted by Crippen LogP contribution is -2.62. The van der Waals surface area contributed by atoms with Gasteiger partial charge < -0.3 is 29.7 Å². The van der Waals surface area contributed by atoms with E-state index in [1.807, 2.05) is 6.07 Å². The number of aliphatic hydroxyl groups is 3. The van der Waals surface area contributed by atoms with Crippen molar-refractivity contribution >= 4 is 27.5 Å². The molecule has 0 spiro atoms. The zero-order valence-electron chi connectivity index (χ0n) is 22.3. The number of rotatable bonds is 7. The number of carbonyl (C=O) groups is 1. The fraction of sp³-hybridized carbons (Fsp3) is 0.429. The zero-order valence-corrected chi connectivity index (χ0v) is 23.9. The molecule has 1 saturated heterocycles. The zero-order chi connectivity index (χ0) is 30.1. The highest BCUT2D eigenvalue weighted by Gasteiger charge is 2.52. The highest BCUT2D eigenvalue weighted by Crippen LogP contribution is 2.37. The van der Waals surface area contributed by atoms with Gasteiger partial charge in [0, 0.05) is 22.8 Å². The van der Waals surface area contributed by atoms with Crippen LogP contribution in [0.3, 0.4) is 0 Å². The molecule has 2 heterocycles. The first-order chi connectivity index (χ1) is 20.1. The maximum Gasteiger partial charge on any atom is 0.259 e. The largest absolute Gasteiger partial charge is 0.394 e. The number of hydrogen-bond acceptors (Lipinski definition) is 9. The molecule has 1 saturated carbocycles. The molecule has 3 aromatic rings. The third-order valence-corrected chi connectivity index (χ3v) is 8.12. The van der Waals surface area contributed by atoms with Crippen LogP contribution in [0.15, 0.2) is 47.1 Å². The lowest BCUT2D eigenvalue weighted by atomic mass is 9.91. The third kappa shape index (κ3) is 5.81. The SMILES string of the molecule is CO[C@@H]1[C@@H](n2cc(-c3cc(F)cc(Br)c3)nn2)[C@@H](O)[C@@H](CO)O[C@H]1C(=O)N(c1cc(F)cc(C#N)c1)[C@@H]1CCC[C@H]1O. The van der Waals surface area contributed by atoms with Crippen molar-refractivity contribution in [3.05, 3.63) is 64.3 Å². The Hall–Kier alpha value is -3.32. The van der Waals surface area contributed by atoms with Crippen molar-refractivity contribution in [1.29, 1.82) is 5.26 Å². The lowest BCUT2D eigenvalue weighted by Gasteiger charge is -2.45. The Balaban J connectivity index is 1.55. The van der Waals surface area contributed by atoms with Crippen molar-refractivity contribution in [3.63, 3.8) is 0 Å². The summed E-state index contributed by atoms with van der Waals surface area (Å²) in [6.07, 6.45) is -3.39. The number of aliphatic hydroxyl groups excluding tert-OH is 3. The van der Waals surface area contributed by atoms with Crippen LogP contribution in [0.5, 0.6) is 0 Å². The molecule has 0 radical (unpaired) electrons. The van der Waals surface area contributed by atoms with Crippen molar-refractivity contribution < 1.29 is 38.4 Å². The molecule has 5 rings (SSSR count). The molecule has 2 aromatic carbocycles. The quantitative estimate of drug-likeness (QED) is 0.351. The molecule has 1 amide bonds. The molecule has 3 N–H and O–H groups in total. The summed E-state index contributed by atoms with van der Waals surface area (Å²) in [7, 11) is 1.31. The summed E-state index contributed by atoms with van der Waals surface area (Å²) in [5.41, 5.74) is 0.690. The molecule has 1 aliphatic heterocycles. The first kappa shape index (κ1) is 30.1. The number of ether oxygens (including phenoxy) is 2. The van der Waals surface area contributed by atoms with Crippen molar-refractivity contribution in [2.75, 3.05) is 18.6 Å². The smallest absolute Gasteiger partial charge is 0.259 e. The van der Waals surface area contributed by atoms with Gasteiger partial charge in [0.1, 0.15) is 41.7 Å². The Morgan fingerprint density at radius 2 is 1.98 bits per heavy atom. The fourth-order valence-corrected chi connectivity index (χ4v) is 6.20. The van der Waals surface area contributed by atoms with Crippen molar-refractivity contribution in [1.82, 2.24) is 15.0 Å². The Morgan fingerprint density at radius 3 is 2.62 bits per heavy atom. The maximum absolute atomic E-state index is 14.5. The summed E-state index contributed by atoms with van der Waals surface area (Å²) < 4.78 is 41.9. The van der Waals surface area contributed by atoms with Gasteiger partial charge in [-0.1, -0.05) is 21.1 Å². The van der Waals surface area contributed by atoms with Crippen LogP contribution in [0.2, 0.25) is 0 Å². The predicted molar refractivity (Wildman–Crippen MR) is 147 cm³/mol. The maximum atomic E-state index is 14.5. The summed E-state index contributed by atoms with van der Waals surface area (Å²) in [5, 5.41) is 49.7. The summed E-state index contributed by atoms with van der Waals surface area (Å²) in [5.74, 6) is -1.98. The number of hydrogen-bond donors (Lipinski definition) is 3. The number of nitriles is 1. The van der Waals surface area contributed by atoms with Gasteiger partial charge in [-0.3, -0.25) is 4.79 Å². The molecule has 1 aliphatic carbocycles. The lowest BCUT2D eigenvalue weighted by molar-refractivity contribution is -0.211. The molecule has 14 heteroatoms. The molecule has 222 valence electrons. The second kappa shape index (κ2) is 12.5. The van der Waals surface area contributed by atoms with Gasteiger partial charge in [0.15, 0.2) is 6.10 Å². The van der Waals surface area contributed by atoms with Gasteiger partial charge in [-0.15, -0.1) is 5.10 Å². The molecule has 0 unspecified atom stereocenters. The van der Waals surface area contributed by atoms with Crippen LogP contribution in [-0.4, -0.2) is 86.5 Å². The number of carbonyl (C=O) groups excluding carboxylic acids is 1. The van der Waals surface area contributed by atoms with Gasteiger partial charge in [0.2, 0.25) is 0 Å². The van der Waals surface area contributed by atoms with E-state index in [1.165, 1.54) is 41.1 Å². The number of aromatic nitrogens is 3. The van der Waals surface area contributed by atoms with Gasteiger partial charge in [-0.2, -0.15) is 5.26 Å². The van der Waals surface area contributed by atoms with Crippen molar-refractivity contribution in [2.45, 2.75) is 61.9 Å². The minimum atomic E-state index is -1.46. The van der Waals surface area contributed by atoms with E-state index >= 15 is 0 Å². The predicted octanol–water partition coefficient (Wildman–Crippen LogP) is 2.48. The molecule has 11 nitrogen and oxygen atoms in total. The highest BCUT2D eigenvalue weighted by molar-refractivity contribution is 9.10. The Labute approximate surface area is 248 Å². The molecule has 7 atom stereocenters. The van der Waals surface area contributed by atoms with Crippen LogP contribution in [0.1, 0.15) is 30.9 Å². The van der Waals surface area contributed by atoms with Crippen LogP contribution in [0, 0.1) is 23.0 Å².